The Morgan fingerprint density at radius 2 is 2.10 bits per heavy atom. The fourth-order valence-electron chi connectivity index (χ4n) is 2.86. The van der Waals surface area contributed by atoms with E-state index in [-0.39, 0.29) is 10.9 Å². The van der Waals surface area contributed by atoms with Crippen LogP contribution in [0.2, 0.25) is 0 Å². The van der Waals surface area contributed by atoms with Gasteiger partial charge in [-0.15, -0.1) is 0 Å². The number of sulfone groups is 1. The van der Waals surface area contributed by atoms with E-state index in [2.05, 4.69) is 12.2 Å². The summed E-state index contributed by atoms with van der Waals surface area (Å²) >= 11 is 0. The molecule has 3 nitrogen and oxygen atoms in total. The number of benzene rings is 1. The van der Waals surface area contributed by atoms with Gasteiger partial charge in [0.1, 0.15) is 5.82 Å². The number of nitrogens with one attached hydrogen (secondary N) is 1. The quantitative estimate of drug-likeness (QED) is 0.864. The largest absolute Gasteiger partial charge is 0.380 e. The lowest BCUT2D eigenvalue weighted by molar-refractivity contribution is 0.327. The van der Waals surface area contributed by atoms with Crippen LogP contribution in [0.4, 0.5) is 10.1 Å². The fraction of sp³-hybridized carbons (Fsp3) is 0.600. The average Bonchev–Trinajstić information content (AvgIpc) is 2.40. The van der Waals surface area contributed by atoms with Crippen LogP contribution in [-0.2, 0) is 9.84 Å². The molecule has 1 fully saturated rings. The second-order valence-corrected chi connectivity index (χ2v) is 7.71. The highest BCUT2D eigenvalue weighted by molar-refractivity contribution is 7.90. The first kappa shape index (κ1) is 15.3. The zero-order chi connectivity index (χ0) is 14.8. The third-order valence-electron chi connectivity index (χ3n) is 4.09. The molecule has 1 aliphatic carbocycles. The van der Waals surface area contributed by atoms with Crippen molar-refractivity contribution in [3.63, 3.8) is 0 Å². The minimum Gasteiger partial charge on any atom is -0.380 e. The molecule has 1 aliphatic rings. The molecule has 0 amide bonds. The van der Waals surface area contributed by atoms with Crippen molar-refractivity contribution in [2.24, 2.45) is 5.92 Å². The molecule has 2 atom stereocenters. The molecule has 20 heavy (non-hydrogen) atoms. The topological polar surface area (TPSA) is 46.2 Å². The summed E-state index contributed by atoms with van der Waals surface area (Å²) in [5.41, 5.74) is 0.301. The highest BCUT2D eigenvalue weighted by Gasteiger charge is 2.22. The fourth-order valence-corrected chi connectivity index (χ4v) is 3.51. The van der Waals surface area contributed by atoms with Crippen LogP contribution in [0.5, 0.6) is 0 Å². The monoisotopic (exact) mass is 299 g/mol. The molecular formula is C15H22FNO2S. The molecular weight excluding hydrogens is 277 g/mol. The van der Waals surface area contributed by atoms with Crippen molar-refractivity contribution < 1.29 is 12.8 Å². The number of halogens is 1. The Labute approximate surface area is 120 Å². The van der Waals surface area contributed by atoms with Crippen molar-refractivity contribution in [1.82, 2.24) is 0 Å². The van der Waals surface area contributed by atoms with Gasteiger partial charge >= 0.3 is 0 Å². The van der Waals surface area contributed by atoms with Gasteiger partial charge in [0.05, 0.1) is 10.6 Å². The van der Waals surface area contributed by atoms with E-state index < -0.39 is 15.7 Å². The first-order valence-corrected chi connectivity index (χ1v) is 9.05. The van der Waals surface area contributed by atoms with Crippen molar-refractivity contribution in [3.05, 3.63) is 24.0 Å². The normalized spacial score (nSPS) is 23.6. The molecule has 0 spiro atoms. The molecule has 0 heterocycles. The van der Waals surface area contributed by atoms with Crippen LogP contribution in [0.15, 0.2) is 23.1 Å². The van der Waals surface area contributed by atoms with Gasteiger partial charge in [0.15, 0.2) is 9.84 Å². The molecule has 5 heteroatoms. The van der Waals surface area contributed by atoms with Crippen molar-refractivity contribution in [3.8, 4) is 0 Å². The van der Waals surface area contributed by atoms with Gasteiger partial charge in [-0.25, -0.2) is 12.8 Å². The molecule has 1 N–H and O–H groups in total. The highest BCUT2D eigenvalue weighted by Crippen LogP contribution is 2.30. The average molecular weight is 299 g/mol. The van der Waals surface area contributed by atoms with Crippen molar-refractivity contribution in [1.29, 1.82) is 0 Å². The molecule has 1 saturated carbocycles. The predicted octanol–water partition coefficient (Wildman–Crippen LogP) is 3.61. The highest BCUT2D eigenvalue weighted by atomic mass is 32.2. The minimum absolute atomic E-state index is 0.157. The minimum atomic E-state index is -3.30. The molecule has 0 aliphatic heterocycles. The van der Waals surface area contributed by atoms with Crippen molar-refractivity contribution in [2.75, 3.05) is 11.6 Å². The zero-order valence-electron chi connectivity index (χ0n) is 12.0. The molecule has 112 valence electrons. The first-order valence-electron chi connectivity index (χ1n) is 7.16. The SMILES string of the molecule is CCC1CCCC(Nc2cc(S(C)(=O)=O)ccc2F)C1. The lowest BCUT2D eigenvalue weighted by Gasteiger charge is -2.30. The van der Waals surface area contributed by atoms with E-state index in [4.69, 9.17) is 0 Å². The predicted molar refractivity (Wildman–Crippen MR) is 79.2 cm³/mol. The standard InChI is InChI=1S/C15H22FNO2S/c1-3-11-5-4-6-12(9-11)17-15-10-13(20(2,18)19)7-8-14(15)16/h7-8,10-12,17H,3-6,9H2,1-2H3. The Morgan fingerprint density at radius 3 is 2.75 bits per heavy atom. The molecule has 2 rings (SSSR count). The summed E-state index contributed by atoms with van der Waals surface area (Å²) in [6, 6.07) is 4.17. The van der Waals surface area contributed by atoms with E-state index in [1.54, 1.807) is 0 Å². The molecule has 1 aromatic rings. The van der Waals surface area contributed by atoms with Crippen LogP contribution in [0, 0.1) is 11.7 Å². The summed E-state index contributed by atoms with van der Waals surface area (Å²) in [6.07, 6.45) is 6.70. The van der Waals surface area contributed by atoms with E-state index in [9.17, 15) is 12.8 Å². The van der Waals surface area contributed by atoms with E-state index >= 15 is 0 Å². The zero-order valence-corrected chi connectivity index (χ0v) is 12.8. The second-order valence-electron chi connectivity index (χ2n) is 5.70. The number of hydrogen-bond acceptors (Lipinski definition) is 3. The van der Waals surface area contributed by atoms with Crippen LogP contribution in [0.3, 0.4) is 0 Å². The van der Waals surface area contributed by atoms with E-state index in [0.717, 1.165) is 31.9 Å². The van der Waals surface area contributed by atoms with Crippen LogP contribution >= 0.6 is 0 Å². The third-order valence-corrected chi connectivity index (χ3v) is 5.20. The summed E-state index contributed by atoms with van der Waals surface area (Å²) in [5.74, 6) is 0.290. The summed E-state index contributed by atoms with van der Waals surface area (Å²) < 4.78 is 36.9. The lowest BCUT2D eigenvalue weighted by Crippen LogP contribution is -2.27. The molecule has 0 saturated heterocycles. The van der Waals surface area contributed by atoms with Gasteiger partial charge < -0.3 is 5.32 Å². The summed E-state index contributed by atoms with van der Waals surface area (Å²) in [7, 11) is -3.30. The maximum absolute atomic E-state index is 13.8. The summed E-state index contributed by atoms with van der Waals surface area (Å²) in [6.45, 7) is 2.18. The lowest BCUT2D eigenvalue weighted by atomic mass is 9.84. The van der Waals surface area contributed by atoms with Crippen LogP contribution in [0.25, 0.3) is 0 Å². The number of hydrogen-bond donors (Lipinski definition) is 1. The summed E-state index contributed by atoms with van der Waals surface area (Å²) in [5, 5.41) is 3.19. The Morgan fingerprint density at radius 1 is 1.35 bits per heavy atom. The van der Waals surface area contributed by atoms with Crippen LogP contribution in [0.1, 0.15) is 39.0 Å². The van der Waals surface area contributed by atoms with E-state index in [0.29, 0.717) is 11.6 Å². The number of anilines is 1. The van der Waals surface area contributed by atoms with Gasteiger partial charge in [-0.05, 0) is 37.0 Å². The second kappa shape index (κ2) is 6.12. The van der Waals surface area contributed by atoms with Gasteiger partial charge in [0.2, 0.25) is 0 Å². The molecule has 0 bridgehead atoms. The van der Waals surface area contributed by atoms with Gasteiger partial charge in [-0.1, -0.05) is 26.2 Å². The number of rotatable bonds is 4. The Kier molecular flexibility index (Phi) is 4.68. The van der Waals surface area contributed by atoms with Crippen LogP contribution in [-0.4, -0.2) is 20.7 Å². The van der Waals surface area contributed by atoms with Gasteiger partial charge in [0.25, 0.3) is 0 Å². The van der Waals surface area contributed by atoms with Gasteiger partial charge in [-0.3, -0.25) is 0 Å². The summed E-state index contributed by atoms with van der Waals surface area (Å²) in [4.78, 5) is 0.157. The van der Waals surface area contributed by atoms with Gasteiger partial charge in [0, 0.05) is 12.3 Å². The Bertz CT molecular complexity index is 571. The first-order chi connectivity index (χ1) is 9.40. The molecule has 1 aromatic carbocycles. The molecule has 0 radical (unpaired) electrons. The smallest absolute Gasteiger partial charge is 0.175 e. The van der Waals surface area contributed by atoms with E-state index in [1.165, 1.54) is 24.6 Å². The maximum Gasteiger partial charge on any atom is 0.175 e. The van der Waals surface area contributed by atoms with E-state index in [1.807, 2.05) is 0 Å². The molecule has 2 unspecified atom stereocenters. The molecule has 0 aromatic heterocycles. The Hall–Kier alpha value is -1.10. The van der Waals surface area contributed by atoms with Crippen molar-refractivity contribution in [2.45, 2.75) is 50.0 Å². The maximum atomic E-state index is 13.8. The van der Waals surface area contributed by atoms with Gasteiger partial charge in [-0.2, -0.15) is 0 Å². The Balaban J connectivity index is 2.16. The van der Waals surface area contributed by atoms with Crippen LogP contribution < -0.4 is 5.32 Å². The van der Waals surface area contributed by atoms with Crippen molar-refractivity contribution >= 4 is 15.5 Å². The third kappa shape index (κ3) is 3.72.